The van der Waals surface area contributed by atoms with Crippen LogP contribution in [-0.2, 0) is 4.79 Å². The summed E-state index contributed by atoms with van der Waals surface area (Å²) < 4.78 is 12.9. The molecule has 20 heavy (non-hydrogen) atoms. The second-order valence-electron chi connectivity index (χ2n) is 5.52. The molecule has 2 saturated heterocycles. The summed E-state index contributed by atoms with van der Waals surface area (Å²) in [5.41, 5.74) is 0.518. The van der Waals surface area contributed by atoms with Crippen molar-refractivity contribution in [3.05, 3.63) is 35.6 Å². The van der Waals surface area contributed by atoms with Crippen LogP contribution in [0.2, 0.25) is 0 Å². The zero-order valence-electron chi connectivity index (χ0n) is 11.1. The van der Waals surface area contributed by atoms with Crippen molar-refractivity contribution < 1.29 is 14.0 Å². The molecule has 0 saturated carbocycles. The third kappa shape index (κ3) is 2.53. The van der Waals surface area contributed by atoms with E-state index in [9.17, 15) is 14.0 Å². The highest BCUT2D eigenvalue weighted by Gasteiger charge is 2.35. The van der Waals surface area contributed by atoms with Crippen LogP contribution in [0, 0.1) is 11.7 Å². The smallest absolute Gasteiger partial charge is 0.253 e. The van der Waals surface area contributed by atoms with Gasteiger partial charge in [-0.1, -0.05) is 0 Å². The van der Waals surface area contributed by atoms with Crippen molar-refractivity contribution in [2.75, 3.05) is 13.1 Å². The highest BCUT2D eigenvalue weighted by Crippen LogP contribution is 2.26. The predicted octanol–water partition coefficient (Wildman–Crippen LogP) is 1.57. The zero-order chi connectivity index (χ0) is 14.1. The van der Waals surface area contributed by atoms with Crippen LogP contribution < -0.4 is 5.32 Å². The molecule has 1 N–H and O–H groups in total. The van der Waals surface area contributed by atoms with Gasteiger partial charge in [-0.3, -0.25) is 9.59 Å². The Labute approximate surface area is 117 Å². The molecule has 2 amide bonds. The number of halogens is 1. The summed E-state index contributed by atoms with van der Waals surface area (Å²) in [5.74, 6) is 0.0611. The van der Waals surface area contributed by atoms with Crippen molar-refractivity contribution in [3.63, 3.8) is 0 Å². The monoisotopic (exact) mass is 276 g/mol. The molecule has 0 bridgehead atoms. The molecular weight excluding hydrogens is 259 g/mol. The van der Waals surface area contributed by atoms with Crippen LogP contribution in [0.1, 0.15) is 29.6 Å². The molecule has 106 valence electrons. The minimum atomic E-state index is -0.338. The average molecular weight is 276 g/mol. The lowest BCUT2D eigenvalue weighted by Crippen LogP contribution is -2.55. The maximum absolute atomic E-state index is 12.9. The molecule has 0 aromatic heterocycles. The summed E-state index contributed by atoms with van der Waals surface area (Å²) in [6.07, 6.45) is 2.17. The van der Waals surface area contributed by atoms with Gasteiger partial charge in [0.1, 0.15) is 5.82 Å². The third-order valence-electron chi connectivity index (χ3n) is 4.20. The summed E-state index contributed by atoms with van der Waals surface area (Å²) in [5, 5.41) is 3.00. The zero-order valence-corrected chi connectivity index (χ0v) is 11.1. The largest absolute Gasteiger partial charge is 0.353 e. The summed E-state index contributed by atoms with van der Waals surface area (Å²) in [7, 11) is 0. The van der Waals surface area contributed by atoms with E-state index in [4.69, 9.17) is 0 Å². The van der Waals surface area contributed by atoms with E-state index in [1.165, 1.54) is 24.3 Å². The number of amides is 2. The molecular formula is C15H17FN2O2. The van der Waals surface area contributed by atoms with E-state index in [-0.39, 0.29) is 23.7 Å². The minimum Gasteiger partial charge on any atom is -0.353 e. The van der Waals surface area contributed by atoms with E-state index in [0.29, 0.717) is 31.0 Å². The van der Waals surface area contributed by atoms with E-state index < -0.39 is 0 Å². The number of likely N-dealkylation sites (tertiary alicyclic amines) is 1. The van der Waals surface area contributed by atoms with Crippen LogP contribution in [0.5, 0.6) is 0 Å². The first-order chi connectivity index (χ1) is 9.63. The number of hydrogen-bond acceptors (Lipinski definition) is 2. The molecule has 0 radical (unpaired) electrons. The van der Waals surface area contributed by atoms with E-state index in [1.54, 1.807) is 0 Å². The van der Waals surface area contributed by atoms with Gasteiger partial charge in [-0.25, -0.2) is 4.39 Å². The first-order valence-electron chi connectivity index (χ1n) is 6.97. The minimum absolute atomic E-state index is 0.0552. The van der Waals surface area contributed by atoms with Crippen molar-refractivity contribution in [2.24, 2.45) is 5.92 Å². The van der Waals surface area contributed by atoms with Gasteiger partial charge in [-0.15, -0.1) is 0 Å². The third-order valence-corrected chi connectivity index (χ3v) is 4.20. The Bertz CT molecular complexity index is 529. The molecule has 1 aromatic carbocycles. The van der Waals surface area contributed by atoms with Gasteiger partial charge in [0.25, 0.3) is 5.91 Å². The lowest BCUT2D eigenvalue weighted by atomic mass is 9.85. The molecule has 5 heteroatoms. The van der Waals surface area contributed by atoms with Crippen LogP contribution in [0.4, 0.5) is 4.39 Å². The number of piperidine rings is 2. The fraction of sp³-hybridized carbons (Fsp3) is 0.467. The summed E-state index contributed by atoms with van der Waals surface area (Å²) in [6, 6.07) is 5.86. The number of carbonyl (C=O) groups is 2. The molecule has 1 aromatic rings. The first-order valence-corrected chi connectivity index (χ1v) is 6.97. The van der Waals surface area contributed by atoms with Crippen molar-refractivity contribution in [2.45, 2.75) is 25.3 Å². The van der Waals surface area contributed by atoms with E-state index >= 15 is 0 Å². The van der Waals surface area contributed by atoms with Gasteiger partial charge >= 0.3 is 0 Å². The molecule has 2 fully saturated rings. The SMILES string of the molecule is O=C1CCC2CN(C(=O)c3ccc(F)cc3)CCC2N1. The highest BCUT2D eigenvalue weighted by molar-refractivity contribution is 5.94. The maximum Gasteiger partial charge on any atom is 0.253 e. The number of benzene rings is 1. The number of nitrogens with zero attached hydrogens (tertiary/aromatic N) is 1. The van der Waals surface area contributed by atoms with Gasteiger partial charge in [0.05, 0.1) is 0 Å². The van der Waals surface area contributed by atoms with Crippen molar-refractivity contribution >= 4 is 11.8 Å². The van der Waals surface area contributed by atoms with Crippen LogP contribution in [-0.4, -0.2) is 35.8 Å². The van der Waals surface area contributed by atoms with Gasteiger partial charge < -0.3 is 10.2 Å². The van der Waals surface area contributed by atoms with Gasteiger partial charge in [0.15, 0.2) is 0 Å². The quantitative estimate of drug-likeness (QED) is 0.846. The molecule has 0 spiro atoms. The molecule has 2 heterocycles. The Morgan fingerprint density at radius 3 is 2.75 bits per heavy atom. The van der Waals surface area contributed by atoms with E-state index in [1.807, 2.05) is 4.90 Å². The van der Waals surface area contributed by atoms with Crippen LogP contribution in [0.15, 0.2) is 24.3 Å². The van der Waals surface area contributed by atoms with Crippen LogP contribution in [0.3, 0.4) is 0 Å². The Morgan fingerprint density at radius 1 is 1.25 bits per heavy atom. The molecule has 3 rings (SSSR count). The molecule has 4 nitrogen and oxygen atoms in total. The second kappa shape index (κ2) is 5.23. The Hall–Kier alpha value is -1.91. The molecule has 2 aliphatic rings. The maximum atomic E-state index is 12.9. The fourth-order valence-corrected chi connectivity index (χ4v) is 3.07. The molecule has 2 unspecified atom stereocenters. The predicted molar refractivity (Wildman–Crippen MR) is 71.6 cm³/mol. The first kappa shape index (κ1) is 13.1. The van der Waals surface area contributed by atoms with Gasteiger partial charge in [-0.05, 0) is 43.0 Å². The number of carbonyl (C=O) groups excluding carboxylic acids is 2. The number of nitrogens with one attached hydrogen (secondary N) is 1. The Morgan fingerprint density at radius 2 is 2.00 bits per heavy atom. The van der Waals surface area contributed by atoms with Gasteiger partial charge in [0, 0.05) is 31.1 Å². The van der Waals surface area contributed by atoms with Crippen LogP contribution in [0.25, 0.3) is 0 Å². The second-order valence-corrected chi connectivity index (χ2v) is 5.52. The number of rotatable bonds is 1. The van der Waals surface area contributed by atoms with Crippen molar-refractivity contribution in [1.29, 1.82) is 0 Å². The van der Waals surface area contributed by atoms with E-state index in [2.05, 4.69) is 5.32 Å². The topological polar surface area (TPSA) is 49.4 Å². The average Bonchev–Trinajstić information content (AvgIpc) is 2.47. The van der Waals surface area contributed by atoms with Crippen LogP contribution >= 0.6 is 0 Å². The lowest BCUT2D eigenvalue weighted by Gasteiger charge is -2.41. The Kier molecular flexibility index (Phi) is 3.42. The number of hydrogen-bond donors (Lipinski definition) is 1. The standard InChI is InChI=1S/C15H17FN2O2/c16-12-4-1-10(2-5-12)15(20)18-8-7-13-11(9-18)3-6-14(19)17-13/h1-2,4-5,11,13H,3,6-9H2,(H,17,19). The van der Waals surface area contributed by atoms with E-state index in [0.717, 1.165) is 12.8 Å². The van der Waals surface area contributed by atoms with Gasteiger partial charge in [0.2, 0.25) is 5.91 Å². The van der Waals surface area contributed by atoms with Crippen molar-refractivity contribution in [1.82, 2.24) is 10.2 Å². The molecule has 0 aliphatic carbocycles. The summed E-state index contributed by atoms with van der Waals surface area (Å²) in [6.45, 7) is 1.30. The molecule has 2 atom stereocenters. The van der Waals surface area contributed by atoms with Crippen molar-refractivity contribution in [3.8, 4) is 0 Å². The van der Waals surface area contributed by atoms with Gasteiger partial charge in [-0.2, -0.15) is 0 Å². The number of fused-ring (bicyclic) bond motifs is 1. The summed E-state index contributed by atoms with van der Waals surface area (Å²) >= 11 is 0. The normalized spacial score (nSPS) is 25.9. The fourth-order valence-electron chi connectivity index (χ4n) is 3.07. The molecule has 2 aliphatic heterocycles. The summed E-state index contributed by atoms with van der Waals surface area (Å²) in [4.78, 5) is 25.5. The highest BCUT2D eigenvalue weighted by atomic mass is 19.1. The Balaban J connectivity index is 1.68. The lowest BCUT2D eigenvalue weighted by molar-refractivity contribution is -0.125.